The Bertz CT molecular complexity index is 636. The molecule has 0 bridgehead atoms. The molecule has 1 N–H and O–H groups in total. The second-order valence-electron chi connectivity index (χ2n) is 5.66. The van der Waals surface area contributed by atoms with Crippen LogP contribution in [-0.2, 0) is 12.8 Å². The van der Waals surface area contributed by atoms with Gasteiger partial charge in [0.05, 0.1) is 7.11 Å². The van der Waals surface area contributed by atoms with Gasteiger partial charge in [-0.2, -0.15) is 0 Å². The molecule has 0 atom stereocenters. The van der Waals surface area contributed by atoms with Gasteiger partial charge in [-0.25, -0.2) is 0 Å². The molecule has 19 heavy (non-hydrogen) atoms. The number of aromatic nitrogens is 1. The van der Waals surface area contributed by atoms with E-state index in [4.69, 9.17) is 4.74 Å². The first kappa shape index (κ1) is 12.7. The fraction of sp³-hybridized carbons (Fsp3) is 0.429. The smallest absolute Gasteiger partial charge is 0.146 e. The molecule has 0 radical (unpaired) electrons. The maximum atomic E-state index is 5.53. The maximum Gasteiger partial charge on any atom is 0.146 e. The highest BCUT2D eigenvalue weighted by atomic mass is 16.5. The minimum absolute atomic E-state index is 1.01. The van der Waals surface area contributed by atoms with Gasteiger partial charge in [-0.3, -0.25) is 0 Å². The van der Waals surface area contributed by atoms with Gasteiger partial charge in [0.2, 0.25) is 0 Å². The summed E-state index contributed by atoms with van der Waals surface area (Å²) in [5, 5.41) is 1.39. The molecule has 98 valence electrons. The largest absolute Gasteiger partial charge is 0.498 e. The molecule has 2 aromatic rings. The number of nitrogens with zero attached hydrogens (tertiary/aromatic N) is 1. The molecule has 2 heterocycles. The van der Waals surface area contributed by atoms with Gasteiger partial charge in [-0.1, -0.05) is 6.07 Å². The zero-order valence-corrected chi connectivity index (χ0v) is 12.3. The molecule has 0 saturated carbocycles. The fourth-order valence-electron chi connectivity index (χ4n) is 3.28. The highest BCUT2D eigenvalue weighted by Gasteiger charge is 2.19. The van der Waals surface area contributed by atoms with Crippen molar-refractivity contribution >= 4 is 37.5 Å². The van der Waals surface area contributed by atoms with E-state index in [0.29, 0.717) is 0 Å². The Labute approximate surface area is 116 Å². The Morgan fingerprint density at radius 2 is 2.00 bits per heavy atom. The number of hydrogen-bond donors (Lipinski definition) is 1. The number of benzene rings is 1. The van der Waals surface area contributed by atoms with Crippen molar-refractivity contribution in [3.63, 3.8) is 0 Å². The lowest BCUT2D eigenvalue weighted by atomic mass is 9.83. The summed E-state index contributed by atoms with van der Waals surface area (Å²) in [5.41, 5.74) is 6.64. The number of nitrogens with one attached hydrogen (secondary N) is 1. The van der Waals surface area contributed by atoms with E-state index >= 15 is 0 Å². The number of methoxy groups -OCH3 is 1. The van der Waals surface area contributed by atoms with Crippen LogP contribution in [0.1, 0.15) is 11.3 Å². The second-order valence-corrected chi connectivity index (χ2v) is 5.66. The summed E-state index contributed by atoms with van der Waals surface area (Å²) in [6, 6.07) is 2.28. The topological polar surface area (TPSA) is 28.3 Å². The minimum Gasteiger partial charge on any atom is -0.498 e. The summed E-state index contributed by atoms with van der Waals surface area (Å²) in [4.78, 5) is 6.05. The van der Waals surface area contributed by atoms with Crippen molar-refractivity contribution in [2.45, 2.75) is 12.8 Å². The number of fused-ring (bicyclic) bond motifs is 3. The van der Waals surface area contributed by atoms with Crippen LogP contribution in [0.4, 0.5) is 0 Å². The van der Waals surface area contributed by atoms with Crippen molar-refractivity contribution in [1.29, 1.82) is 0 Å². The molecule has 1 aliphatic rings. The molecule has 0 spiro atoms. The van der Waals surface area contributed by atoms with Crippen molar-refractivity contribution in [3.05, 3.63) is 17.3 Å². The molecule has 3 nitrogen and oxygen atoms in total. The Morgan fingerprint density at radius 3 is 2.74 bits per heavy atom. The van der Waals surface area contributed by atoms with Crippen molar-refractivity contribution in [3.8, 4) is 5.75 Å². The van der Waals surface area contributed by atoms with E-state index in [1.54, 1.807) is 7.11 Å². The van der Waals surface area contributed by atoms with E-state index < -0.39 is 0 Å². The van der Waals surface area contributed by atoms with Gasteiger partial charge in [-0.15, -0.1) is 0 Å². The van der Waals surface area contributed by atoms with Crippen LogP contribution in [0.15, 0.2) is 6.07 Å². The lowest BCUT2D eigenvalue weighted by molar-refractivity contribution is 0.352. The van der Waals surface area contributed by atoms with Crippen molar-refractivity contribution in [2.24, 2.45) is 0 Å². The Hall–Kier alpha value is -1.35. The van der Waals surface area contributed by atoms with E-state index in [-0.39, 0.29) is 0 Å². The predicted molar refractivity (Wildman–Crippen MR) is 86.1 cm³/mol. The average molecular weight is 254 g/mol. The number of H-pyrrole nitrogens is 1. The molecular weight excluding hydrogens is 234 g/mol. The quantitative estimate of drug-likeness (QED) is 0.642. The molecular formula is C14H20B2N2O. The van der Waals surface area contributed by atoms with Crippen LogP contribution in [-0.4, -0.2) is 52.8 Å². The first-order chi connectivity index (χ1) is 9.11. The van der Waals surface area contributed by atoms with Gasteiger partial charge in [0.15, 0.2) is 0 Å². The van der Waals surface area contributed by atoms with E-state index in [2.05, 4.69) is 38.7 Å². The Morgan fingerprint density at radius 1 is 1.26 bits per heavy atom. The average Bonchev–Trinajstić information content (AvgIpc) is 2.62. The van der Waals surface area contributed by atoms with E-state index in [1.807, 2.05) is 0 Å². The minimum atomic E-state index is 1.01. The molecule has 0 unspecified atom stereocenters. The Balaban J connectivity index is 2.22. The molecule has 1 aromatic carbocycles. The Kier molecular flexibility index (Phi) is 3.09. The van der Waals surface area contributed by atoms with Gasteiger partial charge >= 0.3 is 0 Å². The number of ether oxygens (including phenoxy) is 1. The van der Waals surface area contributed by atoms with Crippen molar-refractivity contribution in [2.75, 3.05) is 27.2 Å². The molecule has 0 aliphatic carbocycles. The van der Waals surface area contributed by atoms with Crippen LogP contribution >= 0.6 is 0 Å². The number of hydrogen-bond acceptors (Lipinski definition) is 2. The summed E-state index contributed by atoms with van der Waals surface area (Å²) in [6.07, 6.45) is 2.25. The first-order valence-corrected chi connectivity index (χ1v) is 6.98. The normalized spacial score (nSPS) is 16.3. The number of rotatable bonds is 1. The molecule has 0 saturated heterocycles. The van der Waals surface area contributed by atoms with E-state index in [0.717, 1.165) is 31.7 Å². The third-order valence-corrected chi connectivity index (χ3v) is 4.36. The van der Waals surface area contributed by atoms with Crippen LogP contribution in [0.3, 0.4) is 0 Å². The van der Waals surface area contributed by atoms with E-state index in [1.165, 1.54) is 33.1 Å². The lowest BCUT2D eigenvalue weighted by Gasteiger charge is -2.13. The highest BCUT2D eigenvalue weighted by molar-refractivity contribution is 6.46. The van der Waals surface area contributed by atoms with Gasteiger partial charge < -0.3 is 14.6 Å². The zero-order chi connectivity index (χ0) is 13.6. The van der Waals surface area contributed by atoms with Crippen molar-refractivity contribution < 1.29 is 4.74 Å². The van der Waals surface area contributed by atoms with Gasteiger partial charge in [0.1, 0.15) is 21.4 Å². The molecule has 5 heteroatoms. The molecule has 0 amide bonds. The first-order valence-electron chi connectivity index (χ1n) is 6.98. The van der Waals surface area contributed by atoms with Crippen LogP contribution in [0.25, 0.3) is 10.9 Å². The fourth-order valence-corrected chi connectivity index (χ4v) is 3.28. The maximum absolute atomic E-state index is 5.53. The monoisotopic (exact) mass is 254 g/mol. The van der Waals surface area contributed by atoms with Crippen LogP contribution in [0.2, 0.25) is 0 Å². The molecule has 1 aromatic heterocycles. The van der Waals surface area contributed by atoms with Crippen molar-refractivity contribution in [1.82, 2.24) is 9.88 Å². The third-order valence-electron chi connectivity index (χ3n) is 4.36. The zero-order valence-electron chi connectivity index (χ0n) is 12.3. The summed E-state index contributed by atoms with van der Waals surface area (Å²) < 4.78 is 5.53. The number of likely N-dealkylation sites (N-methyl/N-ethyl adjacent to an activating group) is 1. The SMILES string of the molecule is Bc1cc2c3c([nH]c2c(B)c1OC)CCN(C)CC3. The molecule has 0 fully saturated rings. The molecule has 1 aliphatic heterocycles. The van der Waals surface area contributed by atoms with Crippen LogP contribution < -0.4 is 15.7 Å². The lowest BCUT2D eigenvalue weighted by Crippen LogP contribution is -2.22. The summed E-state index contributed by atoms with van der Waals surface area (Å²) >= 11 is 0. The number of aromatic amines is 1. The highest BCUT2D eigenvalue weighted by Crippen LogP contribution is 2.25. The third kappa shape index (κ3) is 1.96. The van der Waals surface area contributed by atoms with Crippen LogP contribution in [0, 0.1) is 0 Å². The van der Waals surface area contributed by atoms with E-state index in [9.17, 15) is 0 Å². The molecule has 3 rings (SSSR count). The van der Waals surface area contributed by atoms with Crippen LogP contribution in [0.5, 0.6) is 5.75 Å². The second kappa shape index (κ2) is 4.64. The summed E-state index contributed by atoms with van der Waals surface area (Å²) in [7, 11) is 8.24. The van der Waals surface area contributed by atoms with Gasteiger partial charge in [0.25, 0.3) is 0 Å². The predicted octanol–water partition coefficient (Wildman–Crippen LogP) is -1.28. The summed E-state index contributed by atoms with van der Waals surface area (Å²) in [5.74, 6) is 1.01. The standard InChI is InChI=1S/C14H20B2N2O/c1-18-5-3-8-9-7-10(15)14(19-2)12(16)13(9)17-11(8)4-6-18/h7,17H,3-6,15-16H2,1-2H3. The van der Waals surface area contributed by atoms with Gasteiger partial charge in [0, 0.05) is 36.1 Å². The summed E-state index contributed by atoms with van der Waals surface area (Å²) in [6.45, 7) is 2.28. The van der Waals surface area contributed by atoms with Gasteiger partial charge in [-0.05, 0) is 30.0 Å².